The van der Waals surface area contributed by atoms with E-state index in [0.29, 0.717) is 12.6 Å². The molecule has 6 nitrogen and oxygen atoms in total. The van der Waals surface area contributed by atoms with E-state index in [1.54, 1.807) is 18.2 Å². The summed E-state index contributed by atoms with van der Waals surface area (Å²) < 4.78 is 5.42. The minimum absolute atomic E-state index is 0.0636. The Morgan fingerprint density at radius 3 is 2.95 bits per heavy atom. The lowest BCUT2D eigenvalue weighted by Crippen LogP contribution is -2.43. The van der Waals surface area contributed by atoms with E-state index in [-0.39, 0.29) is 18.0 Å². The molecule has 21 heavy (non-hydrogen) atoms. The molecule has 1 N–H and O–H groups in total. The van der Waals surface area contributed by atoms with Crippen LogP contribution in [0.1, 0.15) is 26.2 Å². The van der Waals surface area contributed by atoms with Crippen molar-refractivity contribution >= 4 is 5.69 Å². The molecule has 0 radical (unpaired) electrons. The van der Waals surface area contributed by atoms with Crippen LogP contribution in [0.4, 0.5) is 5.69 Å². The molecule has 0 saturated carbocycles. The fraction of sp³-hybridized carbons (Fsp3) is 0.600. The van der Waals surface area contributed by atoms with E-state index in [2.05, 4.69) is 11.8 Å². The van der Waals surface area contributed by atoms with Gasteiger partial charge >= 0.3 is 5.69 Å². The summed E-state index contributed by atoms with van der Waals surface area (Å²) in [6.45, 7) is 3.76. The van der Waals surface area contributed by atoms with Gasteiger partial charge < -0.3 is 9.84 Å². The van der Waals surface area contributed by atoms with E-state index in [9.17, 15) is 15.2 Å². The first-order valence-electron chi connectivity index (χ1n) is 7.36. The minimum Gasteiger partial charge on any atom is -0.484 e. The third-order valence-corrected chi connectivity index (χ3v) is 3.88. The Hall–Kier alpha value is -1.66. The van der Waals surface area contributed by atoms with Gasteiger partial charge in [-0.1, -0.05) is 18.6 Å². The quantitative estimate of drug-likeness (QED) is 0.643. The van der Waals surface area contributed by atoms with Crippen LogP contribution >= 0.6 is 0 Å². The molecule has 1 aromatic carbocycles. The predicted molar refractivity (Wildman–Crippen MR) is 79.5 cm³/mol. The van der Waals surface area contributed by atoms with Crippen molar-refractivity contribution in [1.82, 2.24) is 4.90 Å². The van der Waals surface area contributed by atoms with Gasteiger partial charge in [0.2, 0.25) is 0 Å². The maximum Gasteiger partial charge on any atom is 0.310 e. The molecule has 0 amide bonds. The highest BCUT2D eigenvalue weighted by Crippen LogP contribution is 2.26. The van der Waals surface area contributed by atoms with Crippen LogP contribution < -0.4 is 4.74 Å². The van der Waals surface area contributed by atoms with Crippen molar-refractivity contribution in [2.45, 2.75) is 38.3 Å². The van der Waals surface area contributed by atoms with E-state index >= 15 is 0 Å². The van der Waals surface area contributed by atoms with Crippen molar-refractivity contribution in [2.75, 3.05) is 19.7 Å². The molecule has 6 heteroatoms. The molecule has 0 spiro atoms. The summed E-state index contributed by atoms with van der Waals surface area (Å²) >= 11 is 0. The zero-order valence-electron chi connectivity index (χ0n) is 12.3. The third kappa shape index (κ3) is 4.41. The molecule has 1 aliphatic heterocycles. The highest BCUT2D eigenvalue weighted by atomic mass is 16.6. The molecule has 0 aromatic heterocycles. The van der Waals surface area contributed by atoms with Crippen LogP contribution in [-0.4, -0.2) is 46.8 Å². The van der Waals surface area contributed by atoms with Crippen LogP contribution in [0.3, 0.4) is 0 Å². The van der Waals surface area contributed by atoms with Crippen LogP contribution in [0.25, 0.3) is 0 Å². The number of ether oxygens (including phenoxy) is 1. The number of nitro groups is 1. The fourth-order valence-corrected chi connectivity index (χ4v) is 2.67. The van der Waals surface area contributed by atoms with Gasteiger partial charge in [0, 0.05) is 18.7 Å². The first-order valence-corrected chi connectivity index (χ1v) is 7.36. The Morgan fingerprint density at radius 2 is 2.24 bits per heavy atom. The molecular formula is C15H22N2O4. The number of piperidine rings is 1. The molecule has 1 heterocycles. The standard InChI is InChI=1S/C15H22N2O4/c1-12-6-4-5-9-16(12)10-13(18)11-21-15-8-3-2-7-14(15)17(19)20/h2-3,7-8,12-13,18H,4-6,9-11H2,1H3/t12-,13+/m1/s1. The molecule has 1 saturated heterocycles. The molecule has 0 bridgehead atoms. The Labute approximate surface area is 124 Å². The van der Waals surface area contributed by atoms with E-state index < -0.39 is 11.0 Å². The zero-order valence-corrected chi connectivity index (χ0v) is 12.3. The van der Waals surface area contributed by atoms with Gasteiger partial charge in [0.25, 0.3) is 0 Å². The molecule has 0 aliphatic carbocycles. The predicted octanol–water partition coefficient (Wildman–Crippen LogP) is 2.21. The maximum atomic E-state index is 10.9. The summed E-state index contributed by atoms with van der Waals surface area (Å²) in [6, 6.07) is 6.69. The summed E-state index contributed by atoms with van der Waals surface area (Å²) in [7, 11) is 0. The number of nitrogens with zero attached hydrogens (tertiary/aromatic N) is 2. The van der Waals surface area contributed by atoms with E-state index in [1.807, 2.05) is 0 Å². The number of nitro benzene ring substituents is 1. The topological polar surface area (TPSA) is 75.8 Å². The molecule has 1 aliphatic rings. The van der Waals surface area contributed by atoms with Crippen molar-refractivity contribution in [3.8, 4) is 5.75 Å². The van der Waals surface area contributed by atoms with Crippen LogP contribution in [0.15, 0.2) is 24.3 Å². The summed E-state index contributed by atoms with van der Waals surface area (Å²) in [4.78, 5) is 12.7. The second-order valence-electron chi connectivity index (χ2n) is 5.53. The highest BCUT2D eigenvalue weighted by Gasteiger charge is 2.22. The number of para-hydroxylation sites is 2. The highest BCUT2D eigenvalue weighted by molar-refractivity contribution is 5.45. The Bertz CT molecular complexity index is 480. The molecule has 1 aromatic rings. The van der Waals surface area contributed by atoms with Gasteiger partial charge in [-0.25, -0.2) is 0 Å². The van der Waals surface area contributed by atoms with Gasteiger partial charge in [-0.2, -0.15) is 0 Å². The zero-order chi connectivity index (χ0) is 15.2. The van der Waals surface area contributed by atoms with E-state index in [1.165, 1.54) is 12.5 Å². The minimum atomic E-state index is -0.648. The second kappa shape index (κ2) is 7.38. The number of β-amino-alcohol motifs (C(OH)–C–C–N with tert-alkyl or cyclic N) is 1. The number of likely N-dealkylation sites (tertiary alicyclic amines) is 1. The van der Waals surface area contributed by atoms with Gasteiger partial charge in [0.1, 0.15) is 12.7 Å². The second-order valence-corrected chi connectivity index (χ2v) is 5.53. The van der Waals surface area contributed by atoms with E-state index in [4.69, 9.17) is 4.74 Å². The molecule has 116 valence electrons. The summed E-state index contributed by atoms with van der Waals surface area (Å²) in [5.41, 5.74) is -0.0731. The van der Waals surface area contributed by atoms with Crippen molar-refractivity contribution in [3.63, 3.8) is 0 Å². The number of hydrogen-bond acceptors (Lipinski definition) is 5. The molecule has 0 unspecified atom stereocenters. The summed E-state index contributed by atoms with van der Waals surface area (Å²) in [5, 5.41) is 21.0. The lowest BCUT2D eigenvalue weighted by atomic mass is 10.0. The van der Waals surface area contributed by atoms with Crippen molar-refractivity contribution in [1.29, 1.82) is 0 Å². The lowest BCUT2D eigenvalue weighted by molar-refractivity contribution is -0.385. The normalized spacial score (nSPS) is 21.0. The lowest BCUT2D eigenvalue weighted by Gasteiger charge is -2.34. The SMILES string of the molecule is C[C@@H]1CCCCN1C[C@H](O)COc1ccccc1[N+](=O)[O-]. The van der Waals surface area contributed by atoms with E-state index in [0.717, 1.165) is 19.4 Å². The molecule has 2 atom stereocenters. The van der Waals surface area contributed by atoms with Gasteiger partial charge in [0.15, 0.2) is 5.75 Å². The Balaban J connectivity index is 1.86. The van der Waals surface area contributed by atoms with Gasteiger partial charge in [-0.05, 0) is 32.4 Å². The maximum absolute atomic E-state index is 10.9. The number of aliphatic hydroxyl groups is 1. The number of aliphatic hydroxyl groups excluding tert-OH is 1. The van der Waals surface area contributed by atoms with Crippen LogP contribution in [0.5, 0.6) is 5.75 Å². The number of benzene rings is 1. The average Bonchev–Trinajstić information content (AvgIpc) is 2.48. The van der Waals surface area contributed by atoms with Crippen LogP contribution in [0.2, 0.25) is 0 Å². The molecule has 2 rings (SSSR count). The van der Waals surface area contributed by atoms with Gasteiger partial charge in [-0.15, -0.1) is 0 Å². The average molecular weight is 294 g/mol. The Morgan fingerprint density at radius 1 is 1.48 bits per heavy atom. The fourth-order valence-electron chi connectivity index (χ4n) is 2.67. The first-order chi connectivity index (χ1) is 10.1. The smallest absolute Gasteiger partial charge is 0.310 e. The number of rotatable bonds is 6. The number of hydrogen-bond donors (Lipinski definition) is 1. The third-order valence-electron chi connectivity index (χ3n) is 3.88. The first kappa shape index (κ1) is 15.7. The molecular weight excluding hydrogens is 272 g/mol. The van der Waals surface area contributed by atoms with Crippen molar-refractivity contribution < 1.29 is 14.8 Å². The summed E-state index contributed by atoms with van der Waals surface area (Å²) in [5.74, 6) is 0.202. The van der Waals surface area contributed by atoms with Crippen LogP contribution in [-0.2, 0) is 0 Å². The van der Waals surface area contributed by atoms with Crippen LogP contribution in [0, 0.1) is 10.1 Å². The Kier molecular flexibility index (Phi) is 5.52. The van der Waals surface area contributed by atoms with Crippen molar-refractivity contribution in [3.05, 3.63) is 34.4 Å². The van der Waals surface area contributed by atoms with Gasteiger partial charge in [0.05, 0.1) is 4.92 Å². The monoisotopic (exact) mass is 294 g/mol. The van der Waals surface area contributed by atoms with Gasteiger partial charge in [-0.3, -0.25) is 15.0 Å². The molecule has 1 fully saturated rings. The summed E-state index contributed by atoms with van der Waals surface area (Å²) in [6.07, 6.45) is 2.89. The largest absolute Gasteiger partial charge is 0.484 e. The van der Waals surface area contributed by atoms with Crippen molar-refractivity contribution in [2.24, 2.45) is 0 Å².